The predicted molar refractivity (Wildman–Crippen MR) is 201 cm³/mol. The maximum absolute atomic E-state index is 15.9. The number of Topliss-reactive ketones (excluding diaryl/α,β-unsaturated/α-hetero) is 2. The summed E-state index contributed by atoms with van der Waals surface area (Å²) >= 11 is 14.0. The quantitative estimate of drug-likeness (QED) is 0.123. The molecule has 1 N–H and O–H groups in total. The van der Waals surface area contributed by atoms with E-state index in [1.165, 1.54) is 12.1 Å². The topological polar surface area (TPSA) is 113 Å². The molecule has 8 nitrogen and oxygen atoms in total. The fourth-order valence-corrected chi connectivity index (χ4v) is 9.14. The van der Waals surface area contributed by atoms with Crippen molar-refractivity contribution in [3.8, 4) is 5.75 Å². The number of piperidine rings is 1. The minimum Gasteiger partial charge on any atom is -0.507 e. The first-order chi connectivity index (χ1) is 25.8. The average molecular weight is 740 g/mol. The molecule has 262 valence electrons. The number of rotatable bonds is 8. The molecule has 3 aromatic carbocycles. The smallest absolute Gasteiger partial charge is 0.235 e. The summed E-state index contributed by atoms with van der Waals surface area (Å²) in [6.45, 7) is 0. The van der Waals surface area contributed by atoms with Gasteiger partial charge in [0.1, 0.15) is 17.4 Å². The third-order valence-electron chi connectivity index (χ3n) is 10.7. The highest BCUT2D eigenvalue weighted by molar-refractivity contribution is 6.32. The van der Waals surface area contributed by atoms with Gasteiger partial charge in [0.25, 0.3) is 0 Å². The summed E-state index contributed by atoms with van der Waals surface area (Å²) in [6, 6.07) is 35.7. The molecule has 53 heavy (non-hydrogen) atoms. The number of halogens is 2. The molecule has 6 atom stereocenters. The van der Waals surface area contributed by atoms with E-state index >= 15 is 9.59 Å². The van der Waals surface area contributed by atoms with E-state index in [-0.39, 0.29) is 29.2 Å². The van der Waals surface area contributed by atoms with Crippen molar-refractivity contribution >= 4 is 40.7 Å². The molecule has 0 unspecified atom stereocenters. The van der Waals surface area contributed by atoms with E-state index in [0.717, 1.165) is 0 Å². The van der Waals surface area contributed by atoms with Crippen molar-refractivity contribution in [2.45, 2.75) is 29.8 Å². The number of carbonyl (C=O) groups excluding carboxylic acids is 3. The van der Waals surface area contributed by atoms with Crippen molar-refractivity contribution in [3.05, 3.63) is 190 Å². The van der Waals surface area contributed by atoms with Gasteiger partial charge in [-0.3, -0.25) is 29.3 Å². The van der Waals surface area contributed by atoms with Crippen LogP contribution in [0.1, 0.15) is 67.7 Å². The van der Waals surface area contributed by atoms with E-state index in [1.807, 2.05) is 42.5 Å². The Balaban J connectivity index is 1.49. The van der Waals surface area contributed by atoms with Gasteiger partial charge in [0.05, 0.1) is 34.4 Å². The number of carbonyl (C=O) groups is 3. The third-order valence-corrected chi connectivity index (χ3v) is 11.4. The van der Waals surface area contributed by atoms with Crippen molar-refractivity contribution in [1.82, 2.24) is 19.9 Å². The zero-order valence-corrected chi connectivity index (χ0v) is 29.7. The van der Waals surface area contributed by atoms with E-state index in [4.69, 9.17) is 33.2 Å². The Hall–Kier alpha value is -5.70. The van der Waals surface area contributed by atoms with E-state index in [9.17, 15) is 9.90 Å². The first kappa shape index (κ1) is 34.4. The molecular formula is C43H32Cl2N4O4. The molecule has 2 fully saturated rings. The van der Waals surface area contributed by atoms with Gasteiger partial charge in [-0.05, 0) is 78.2 Å². The second-order valence-electron chi connectivity index (χ2n) is 13.3. The fourth-order valence-electron chi connectivity index (χ4n) is 8.60. The number of pyridine rings is 3. The summed E-state index contributed by atoms with van der Waals surface area (Å²) in [4.78, 5) is 62.1. The Morgan fingerprint density at radius 2 is 1.28 bits per heavy atom. The first-order valence-corrected chi connectivity index (χ1v) is 18.0. The second kappa shape index (κ2) is 14.0. The summed E-state index contributed by atoms with van der Waals surface area (Å²) < 4.78 is 0. The summed E-state index contributed by atoms with van der Waals surface area (Å²) in [5.41, 5.74) is 0.903. The molecule has 2 aliphatic rings. The average Bonchev–Trinajstić information content (AvgIpc) is 3.51. The van der Waals surface area contributed by atoms with Gasteiger partial charge in [0, 0.05) is 40.5 Å². The number of hydrogen-bond acceptors (Lipinski definition) is 7. The maximum atomic E-state index is 15.9. The molecule has 8 rings (SSSR count). The fraction of sp³-hybridized carbons (Fsp3) is 0.163. The van der Waals surface area contributed by atoms with Crippen LogP contribution in [-0.4, -0.2) is 42.4 Å². The zero-order valence-electron chi connectivity index (χ0n) is 28.2. The lowest BCUT2D eigenvalue weighted by Crippen LogP contribution is -2.59. The van der Waals surface area contributed by atoms with Crippen LogP contribution in [0.2, 0.25) is 10.0 Å². The Bertz CT molecular complexity index is 2330. The number of phenols is 1. The summed E-state index contributed by atoms with van der Waals surface area (Å²) in [6.07, 6.45) is 4.91. The molecule has 10 heteroatoms. The number of aromatic hydroxyl groups is 1. The molecule has 0 saturated carbocycles. The minimum absolute atomic E-state index is 0.00517. The van der Waals surface area contributed by atoms with Crippen LogP contribution in [0.15, 0.2) is 146 Å². The van der Waals surface area contributed by atoms with Crippen molar-refractivity contribution in [3.63, 3.8) is 0 Å². The highest BCUT2D eigenvalue weighted by Gasteiger charge is 2.70. The van der Waals surface area contributed by atoms with Crippen LogP contribution in [0.3, 0.4) is 0 Å². The Morgan fingerprint density at radius 1 is 0.679 bits per heavy atom. The monoisotopic (exact) mass is 738 g/mol. The highest BCUT2D eigenvalue weighted by atomic mass is 35.5. The van der Waals surface area contributed by atoms with Crippen LogP contribution in [-0.2, 0) is 10.3 Å². The van der Waals surface area contributed by atoms with Gasteiger partial charge >= 0.3 is 0 Å². The molecule has 6 aromatic rings. The molecule has 0 aliphatic carbocycles. The number of hydrogen-bond donors (Lipinski definition) is 1. The molecule has 0 bridgehead atoms. The lowest BCUT2D eigenvalue weighted by atomic mass is 9.62. The van der Waals surface area contributed by atoms with Crippen molar-refractivity contribution in [2.75, 3.05) is 0 Å². The van der Waals surface area contributed by atoms with Crippen molar-refractivity contribution < 1.29 is 19.5 Å². The zero-order chi connectivity index (χ0) is 36.7. The lowest BCUT2D eigenvalue weighted by molar-refractivity contribution is -0.149. The normalized spacial score (nSPS) is 23.7. The first-order valence-electron chi connectivity index (χ1n) is 17.2. The molecule has 1 amide bonds. The van der Waals surface area contributed by atoms with Gasteiger partial charge < -0.3 is 10.0 Å². The Morgan fingerprint density at radius 3 is 1.91 bits per heavy atom. The van der Waals surface area contributed by atoms with Crippen LogP contribution in [0.5, 0.6) is 5.75 Å². The van der Waals surface area contributed by atoms with Gasteiger partial charge in [-0.15, -0.1) is 0 Å². The van der Waals surface area contributed by atoms with Gasteiger partial charge in [0.2, 0.25) is 5.91 Å². The molecule has 5 heterocycles. The summed E-state index contributed by atoms with van der Waals surface area (Å²) in [5, 5.41) is 11.7. The Kier molecular flexibility index (Phi) is 9.10. The lowest BCUT2D eigenvalue weighted by Gasteiger charge is -2.51. The minimum atomic E-state index is -1.47. The number of amides is 1. The van der Waals surface area contributed by atoms with Gasteiger partial charge in [-0.1, -0.05) is 89.9 Å². The van der Waals surface area contributed by atoms with Gasteiger partial charge in [-0.25, -0.2) is 0 Å². The third kappa shape index (κ3) is 5.70. The molecule has 0 spiro atoms. The summed E-state index contributed by atoms with van der Waals surface area (Å²) in [5.74, 6) is -5.67. The summed E-state index contributed by atoms with van der Waals surface area (Å²) in [7, 11) is 0. The molecule has 2 saturated heterocycles. The van der Waals surface area contributed by atoms with E-state index in [0.29, 0.717) is 32.6 Å². The van der Waals surface area contributed by atoms with Crippen molar-refractivity contribution in [2.24, 2.45) is 11.8 Å². The number of nitrogens with zero attached hydrogens (tertiary/aromatic N) is 4. The maximum Gasteiger partial charge on any atom is 0.235 e. The second-order valence-corrected chi connectivity index (χ2v) is 14.2. The molecular weight excluding hydrogens is 707 g/mol. The van der Waals surface area contributed by atoms with Crippen LogP contribution < -0.4 is 0 Å². The molecule has 0 radical (unpaired) electrons. The highest BCUT2D eigenvalue weighted by Crippen LogP contribution is 2.66. The predicted octanol–water partition coefficient (Wildman–Crippen LogP) is 8.63. The number of phenolic OH excluding ortho intramolecular Hbond substituents is 1. The van der Waals surface area contributed by atoms with E-state index in [1.54, 1.807) is 96.3 Å². The van der Waals surface area contributed by atoms with Crippen LogP contribution >= 0.6 is 23.2 Å². The number of aromatic nitrogens is 3. The number of fused-ring (bicyclic) bond motifs is 1. The SMILES string of the molecule is O=C(c1ccccc1O)[C@H]1C(=O)N2[C@H](c3ccccn3)[C@@H](c3ccccc3Cl)[C@H](C(=O)c3ccccn3)[C@@]2(c2ccccn2)C[C@@H]1c1ccccc1Cl. The van der Waals surface area contributed by atoms with Crippen molar-refractivity contribution in [1.29, 1.82) is 0 Å². The number of ketones is 2. The van der Waals surface area contributed by atoms with Gasteiger partial charge in [-0.2, -0.15) is 0 Å². The number of benzene rings is 3. The van der Waals surface area contributed by atoms with Crippen LogP contribution in [0, 0.1) is 11.8 Å². The van der Waals surface area contributed by atoms with E-state index < -0.39 is 46.9 Å². The standard InChI is InChI=1S/C43H32Cl2N4O4/c44-30-16-4-1-13-26(30)29-25-43(35-21-9-12-24-48-35)38(41(52)33-19-8-11-23-47-33)36(27-14-2-5-17-31(27)45)39(32-18-7-10-22-46-32)49(43)42(53)37(29)40(51)28-15-3-6-20-34(28)50/h1-24,29,36-39,50H,25H2/t29-,36+,37+,38-,39-,43+/m1/s1. The van der Waals surface area contributed by atoms with Crippen LogP contribution in [0.25, 0.3) is 0 Å². The number of para-hydroxylation sites is 1. The van der Waals surface area contributed by atoms with Gasteiger partial charge in [0.15, 0.2) is 11.6 Å². The molecule has 3 aromatic heterocycles. The largest absolute Gasteiger partial charge is 0.507 e. The van der Waals surface area contributed by atoms with Crippen LogP contribution in [0.4, 0.5) is 0 Å². The van der Waals surface area contributed by atoms with E-state index in [2.05, 4.69) is 4.98 Å². The Labute approximate surface area is 316 Å². The molecule has 2 aliphatic heterocycles.